The smallest absolute Gasteiger partial charge is 0.408 e. The van der Waals surface area contributed by atoms with E-state index in [2.05, 4.69) is 39.4 Å². The molecule has 2 aromatic carbocycles. The van der Waals surface area contributed by atoms with Crippen LogP contribution in [0.3, 0.4) is 0 Å². The summed E-state index contributed by atoms with van der Waals surface area (Å²) in [5.41, 5.74) is 1.72. The Morgan fingerprint density at radius 2 is 1.66 bits per heavy atom. The molecule has 29 heavy (non-hydrogen) atoms. The maximum absolute atomic E-state index is 12.2. The van der Waals surface area contributed by atoms with Crippen LogP contribution in [0.4, 0.5) is 10.5 Å². The second-order valence-corrected chi connectivity index (χ2v) is 7.28. The number of ether oxygens (including phenoxy) is 2. The number of cyclic esters (lactones) is 1. The normalized spacial score (nSPS) is 22.1. The zero-order valence-electron chi connectivity index (χ0n) is 16.2. The summed E-state index contributed by atoms with van der Waals surface area (Å²) in [7, 11) is 0. The number of carbonyl (C=O) groups is 2. The molecule has 7 nitrogen and oxygen atoms in total. The summed E-state index contributed by atoms with van der Waals surface area (Å²) >= 11 is 0. The van der Waals surface area contributed by atoms with Crippen molar-refractivity contribution in [2.45, 2.75) is 12.1 Å². The van der Waals surface area contributed by atoms with E-state index in [-0.39, 0.29) is 12.6 Å². The van der Waals surface area contributed by atoms with Gasteiger partial charge in [0.25, 0.3) is 0 Å². The van der Waals surface area contributed by atoms with Gasteiger partial charge in [0.1, 0.15) is 6.61 Å². The Morgan fingerprint density at radius 1 is 1.00 bits per heavy atom. The van der Waals surface area contributed by atoms with Gasteiger partial charge in [-0.05, 0) is 24.3 Å². The van der Waals surface area contributed by atoms with Gasteiger partial charge in [0.05, 0.1) is 11.6 Å². The molecule has 0 bridgehead atoms. The van der Waals surface area contributed by atoms with Crippen LogP contribution in [0.2, 0.25) is 0 Å². The van der Waals surface area contributed by atoms with Gasteiger partial charge in [0.2, 0.25) is 0 Å². The minimum atomic E-state index is -0.484. The number of rotatable bonds is 6. The third-order valence-corrected chi connectivity index (χ3v) is 5.35. The molecule has 1 amide bonds. The topological polar surface area (TPSA) is 71.1 Å². The van der Waals surface area contributed by atoms with Gasteiger partial charge in [-0.1, -0.05) is 36.4 Å². The third-order valence-electron chi connectivity index (χ3n) is 5.35. The van der Waals surface area contributed by atoms with Crippen molar-refractivity contribution in [3.8, 4) is 0 Å². The van der Waals surface area contributed by atoms with Crippen molar-refractivity contribution in [2.75, 3.05) is 44.2 Å². The average Bonchev–Trinajstić information content (AvgIpc) is 3.12. The molecule has 2 aromatic rings. The molecule has 0 unspecified atom stereocenters. The fraction of sp³-hybridized carbons (Fsp3) is 0.364. The van der Waals surface area contributed by atoms with E-state index in [0.717, 1.165) is 26.2 Å². The number of amides is 1. The number of nitrogens with one attached hydrogen (secondary N) is 1. The molecule has 0 aliphatic carbocycles. The van der Waals surface area contributed by atoms with Crippen LogP contribution in [0.15, 0.2) is 60.7 Å². The lowest BCUT2D eigenvalue weighted by Gasteiger charge is -2.37. The van der Waals surface area contributed by atoms with Crippen LogP contribution in [-0.2, 0) is 9.47 Å². The van der Waals surface area contributed by atoms with E-state index in [0.29, 0.717) is 12.1 Å². The molecule has 0 aromatic heterocycles. The Hall–Kier alpha value is -3.06. The highest BCUT2D eigenvalue weighted by Gasteiger charge is 2.36. The first-order valence-electron chi connectivity index (χ1n) is 9.91. The number of esters is 1. The first-order chi connectivity index (χ1) is 14.2. The number of benzene rings is 2. The summed E-state index contributed by atoms with van der Waals surface area (Å²) in [6.07, 6.45) is -0.944. The molecular formula is C22H25N3O4. The molecular weight excluding hydrogens is 370 g/mol. The van der Waals surface area contributed by atoms with Gasteiger partial charge < -0.3 is 19.7 Å². The highest BCUT2D eigenvalue weighted by Crippen LogP contribution is 2.17. The van der Waals surface area contributed by atoms with E-state index in [1.807, 2.05) is 12.1 Å². The Morgan fingerprint density at radius 3 is 2.34 bits per heavy atom. The van der Waals surface area contributed by atoms with Crippen LogP contribution in [0.1, 0.15) is 10.4 Å². The molecule has 152 valence electrons. The molecule has 2 saturated heterocycles. The Kier molecular flexibility index (Phi) is 5.95. The van der Waals surface area contributed by atoms with Gasteiger partial charge in [-0.25, -0.2) is 9.59 Å². The second-order valence-electron chi connectivity index (χ2n) is 7.28. The minimum Gasteiger partial charge on any atom is -0.458 e. The zero-order chi connectivity index (χ0) is 20.1. The van der Waals surface area contributed by atoms with Crippen molar-refractivity contribution in [1.29, 1.82) is 0 Å². The van der Waals surface area contributed by atoms with Gasteiger partial charge in [0, 0.05) is 38.4 Å². The average molecular weight is 395 g/mol. The molecule has 7 heteroatoms. The summed E-state index contributed by atoms with van der Waals surface area (Å²) in [4.78, 5) is 28.6. The van der Waals surface area contributed by atoms with Crippen molar-refractivity contribution >= 4 is 17.7 Å². The molecule has 1 N–H and O–H groups in total. The molecule has 0 radical (unpaired) electrons. The first kappa shape index (κ1) is 19.3. The Balaban J connectivity index is 1.27. The number of para-hydroxylation sites is 1. The monoisotopic (exact) mass is 395 g/mol. The van der Waals surface area contributed by atoms with Crippen molar-refractivity contribution in [3.63, 3.8) is 0 Å². The summed E-state index contributed by atoms with van der Waals surface area (Å²) < 4.78 is 10.7. The fourth-order valence-electron chi connectivity index (χ4n) is 3.73. The van der Waals surface area contributed by atoms with Gasteiger partial charge in [0.15, 0.2) is 6.10 Å². The van der Waals surface area contributed by atoms with Crippen LogP contribution in [0.5, 0.6) is 0 Å². The summed E-state index contributed by atoms with van der Waals surface area (Å²) in [5.74, 6) is -0.413. The van der Waals surface area contributed by atoms with E-state index in [4.69, 9.17) is 9.47 Å². The lowest BCUT2D eigenvalue weighted by molar-refractivity contribution is 0.0228. The highest BCUT2D eigenvalue weighted by atomic mass is 16.6. The Bertz CT molecular complexity index is 822. The van der Waals surface area contributed by atoms with E-state index in [1.165, 1.54) is 5.69 Å². The lowest BCUT2D eigenvalue weighted by atomic mass is 10.1. The van der Waals surface area contributed by atoms with Crippen molar-refractivity contribution < 1.29 is 19.1 Å². The van der Waals surface area contributed by atoms with Gasteiger partial charge in [-0.3, -0.25) is 4.90 Å². The number of hydrogen-bond donors (Lipinski definition) is 1. The molecule has 2 heterocycles. The maximum atomic E-state index is 12.2. The van der Waals surface area contributed by atoms with Crippen LogP contribution in [0, 0.1) is 0 Å². The number of hydrogen-bond acceptors (Lipinski definition) is 6. The predicted molar refractivity (Wildman–Crippen MR) is 109 cm³/mol. The number of nitrogens with zero attached hydrogens (tertiary/aromatic N) is 2. The standard InChI is InChI=1S/C22H25N3O4/c26-21(17-7-3-1-4-8-17)28-16-20-19(23-22(27)29-20)15-24-11-13-25(14-12-24)18-9-5-2-6-10-18/h1-10,19-20H,11-16H2,(H,23,27)/t19-,20-/m1/s1. The van der Waals surface area contributed by atoms with E-state index >= 15 is 0 Å². The van der Waals surface area contributed by atoms with E-state index in [1.54, 1.807) is 24.3 Å². The summed E-state index contributed by atoms with van der Waals surface area (Å²) in [5, 5.41) is 2.85. The molecule has 2 atom stereocenters. The summed E-state index contributed by atoms with van der Waals surface area (Å²) in [6, 6.07) is 19.0. The number of piperazine rings is 1. The number of carbonyl (C=O) groups excluding carboxylic acids is 2. The molecule has 0 spiro atoms. The van der Waals surface area contributed by atoms with Crippen LogP contribution < -0.4 is 10.2 Å². The molecule has 2 aliphatic heterocycles. The largest absolute Gasteiger partial charge is 0.458 e. The third kappa shape index (κ3) is 4.86. The van der Waals surface area contributed by atoms with Crippen LogP contribution in [-0.4, -0.2) is 68.4 Å². The quantitative estimate of drug-likeness (QED) is 0.756. The molecule has 2 aliphatic rings. The number of anilines is 1. The first-order valence-corrected chi connectivity index (χ1v) is 9.91. The fourth-order valence-corrected chi connectivity index (χ4v) is 3.73. The van der Waals surface area contributed by atoms with Gasteiger partial charge in [-0.15, -0.1) is 0 Å². The van der Waals surface area contributed by atoms with Crippen LogP contribution in [0.25, 0.3) is 0 Å². The van der Waals surface area contributed by atoms with E-state index in [9.17, 15) is 9.59 Å². The van der Waals surface area contributed by atoms with Gasteiger partial charge in [-0.2, -0.15) is 0 Å². The van der Waals surface area contributed by atoms with E-state index < -0.39 is 18.2 Å². The lowest BCUT2D eigenvalue weighted by Crippen LogP contribution is -2.52. The van der Waals surface area contributed by atoms with Crippen molar-refractivity contribution in [1.82, 2.24) is 10.2 Å². The van der Waals surface area contributed by atoms with Crippen LogP contribution >= 0.6 is 0 Å². The highest BCUT2D eigenvalue weighted by molar-refractivity contribution is 5.89. The zero-order valence-corrected chi connectivity index (χ0v) is 16.2. The second kappa shape index (κ2) is 8.96. The molecule has 2 fully saturated rings. The van der Waals surface area contributed by atoms with Crippen molar-refractivity contribution in [2.24, 2.45) is 0 Å². The molecule has 4 rings (SSSR count). The van der Waals surface area contributed by atoms with Gasteiger partial charge >= 0.3 is 12.1 Å². The SMILES string of the molecule is O=C1N[C@H](CN2CCN(c3ccccc3)CC2)[C@@H](COC(=O)c2ccccc2)O1. The molecule has 0 saturated carbocycles. The van der Waals surface area contributed by atoms with Crippen molar-refractivity contribution in [3.05, 3.63) is 66.2 Å². The summed E-state index contributed by atoms with van der Waals surface area (Å²) in [6.45, 7) is 4.37. The number of alkyl carbamates (subject to hydrolysis) is 1. The Labute approximate surface area is 170 Å². The maximum Gasteiger partial charge on any atom is 0.408 e. The minimum absolute atomic E-state index is 0.0428. The predicted octanol–water partition coefficient (Wildman–Crippen LogP) is 2.14.